The van der Waals surface area contributed by atoms with Gasteiger partial charge in [0.2, 0.25) is 0 Å². The molecule has 0 aromatic carbocycles. The van der Waals surface area contributed by atoms with Gasteiger partial charge in [0.05, 0.1) is 12.4 Å². The molecule has 2 atom stereocenters. The quantitative estimate of drug-likeness (QED) is 0.655. The van der Waals surface area contributed by atoms with E-state index < -0.39 is 26.8 Å². The molecular weight excluding hydrogens is 242 g/mol. The predicted molar refractivity (Wildman–Crippen MR) is 67.6 cm³/mol. The Hall–Kier alpha value is -0.620. The predicted octanol–water partition coefficient (Wildman–Crippen LogP) is 0.741. The second-order valence-corrected chi connectivity index (χ2v) is 6.23. The van der Waals surface area contributed by atoms with Crippen molar-refractivity contribution in [1.29, 1.82) is 0 Å². The minimum absolute atomic E-state index is 0.111. The summed E-state index contributed by atoms with van der Waals surface area (Å²) in [5.74, 6) is -1.24. The Balaban J connectivity index is 4.89. The van der Waals surface area contributed by atoms with E-state index in [1.807, 2.05) is 13.8 Å². The van der Waals surface area contributed by atoms with Gasteiger partial charge in [0, 0.05) is 6.04 Å². The Kier molecular flexibility index (Phi) is 7.38. The van der Waals surface area contributed by atoms with Crippen LogP contribution < -0.4 is 5.32 Å². The number of sulfone groups is 1. The molecule has 17 heavy (non-hydrogen) atoms. The van der Waals surface area contributed by atoms with Gasteiger partial charge < -0.3 is 10.1 Å². The van der Waals surface area contributed by atoms with Crippen molar-refractivity contribution < 1.29 is 17.9 Å². The average Bonchev–Trinajstić information content (AvgIpc) is 2.27. The van der Waals surface area contributed by atoms with Crippen molar-refractivity contribution in [2.45, 2.75) is 44.4 Å². The van der Waals surface area contributed by atoms with Crippen molar-refractivity contribution in [3.8, 4) is 0 Å². The standard InChI is InChI=1S/C11H23NO4S/c1-5-7-9(12-3)10(6-2)17(14,15)8-11(13)16-4/h9-10,12H,5-8H2,1-4H3. The van der Waals surface area contributed by atoms with Gasteiger partial charge in [0.1, 0.15) is 5.75 Å². The lowest BCUT2D eigenvalue weighted by Gasteiger charge is -2.25. The summed E-state index contributed by atoms with van der Waals surface area (Å²) in [5, 5.41) is 2.48. The summed E-state index contributed by atoms with van der Waals surface area (Å²) in [7, 11) is -0.513. The van der Waals surface area contributed by atoms with Crippen LogP contribution in [0.2, 0.25) is 0 Å². The normalized spacial score (nSPS) is 15.3. The van der Waals surface area contributed by atoms with Crippen LogP contribution in [0, 0.1) is 0 Å². The molecule has 0 saturated heterocycles. The molecular formula is C11H23NO4S. The van der Waals surface area contributed by atoms with E-state index in [0.717, 1.165) is 12.8 Å². The van der Waals surface area contributed by atoms with E-state index in [9.17, 15) is 13.2 Å². The van der Waals surface area contributed by atoms with Crippen molar-refractivity contribution in [1.82, 2.24) is 5.32 Å². The zero-order valence-corrected chi connectivity index (χ0v) is 11.8. The molecule has 0 aromatic rings. The highest BCUT2D eigenvalue weighted by Crippen LogP contribution is 2.16. The third-order valence-electron chi connectivity index (χ3n) is 2.83. The molecule has 102 valence electrons. The SMILES string of the molecule is CCCC(NC)C(CC)S(=O)(=O)CC(=O)OC. The number of esters is 1. The first-order valence-electron chi connectivity index (χ1n) is 5.88. The maximum Gasteiger partial charge on any atom is 0.320 e. The number of rotatable bonds is 8. The molecule has 2 unspecified atom stereocenters. The molecule has 0 aliphatic carbocycles. The molecule has 0 bridgehead atoms. The Morgan fingerprint density at radius 2 is 1.94 bits per heavy atom. The van der Waals surface area contributed by atoms with Gasteiger partial charge in [-0.1, -0.05) is 20.3 Å². The van der Waals surface area contributed by atoms with E-state index in [4.69, 9.17) is 0 Å². The third kappa shape index (κ3) is 5.04. The maximum absolute atomic E-state index is 12.1. The van der Waals surface area contributed by atoms with Crippen LogP contribution in [-0.2, 0) is 19.4 Å². The Bertz CT molecular complexity index is 326. The second kappa shape index (κ2) is 7.66. The van der Waals surface area contributed by atoms with Gasteiger partial charge in [-0.2, -0.15) is 0 Å². The van der Waals surface area contributed by atoms with Gasteiger partial charge >= 0.3 is 5.97 Å². The number of carbonyl (C=O) groups excluding carboxylic acids is 1. The summed E-state index contributed by atoms with van der Waals surface area (Å²) in [6.45, 7) is 3.82. The van der Waals surface area contributed by atoms with Crippen molar-refractivity contribution >= 4 is 15.8 Å². The average molecular weight is 265 g/mol. The minimum Gasteiger partial charge on any atom is -0.468 e. The number of ether oxygens (including phenoxy) is 1. The number of hydrogen-bond donors (Lipinski definition) is 1. The van der Waals surface area contributed by atoms with E-state index in [1.54, 1.807) is 7.05 Å². The van der Waals surface area contributed by atoms with E-state index in [-0.39, 0.29) is 6.04 Å². The largest absolute Gasteiger partial charge is 0.468 e. The van der Waals surface area contributed by atoms with Crippen molar-refractivity contribution in [2.75, 3.05) is 19.9 Å². The molecule has 6 heteroatoms. The highest BCUT2D eigenvalue weighted by molar-refractivity contribution is 7.92. The second-order valence-electron chi connectivity index (χ2n) is 4.01. The zero-order chi connectivity index (χ0) is 13.5. The fraction of sp³-hybridized carbons (Fsp3) is 0.909. The highest BCUT2D eigenvalue weighted by Gasteiger charge is 2.32. The van der Waals surface area contributed by atoms with E-state index in [1.165, 1.54) is 7.11 Å². The molecule has 0 radical (unpaired) electrons. The van der Waals surface area contributed by atoms with E-state index >= 15 is 0 Å². The van der Waals surface area contributed by atoms with Gasteiger partial charge in [-0.3, -0.25) is 4.79 Å². The van der Waals surface area contributed by atoms with Crippen LogP contribution in [0.5, 0.6) is 0 Å². The fourth-order valence-electron chi connectivity index (χ4n) is 1.95. The molecule has 5 nitrogen and oxygen atoms in total. The summed E-state index contributed by atoms with van der Waals surface area (Å²) in [4.78, 5) is 11.1. The smallest absolute Gasteiger partial charge is 0.320 e. The first-order valence-corrected chi connectivity index (χ1v) is 7.60. The maximum atomic E-state index is 12.1. The van der Waals surface area contributed by atoms with Crippen LogP contribution in [0.3, 0.4) is 0 Å². The minimum atomic E-state index is -3.45. The Labute approximate surface area is 104 Å². The molecule has 0 aliphatic heterocycles. The van der Waals surface area contributed by atoms with Crippen LogP contribution in [-0.4, -0.2) is 45.6 Å². The topological polar surface area (TPSA) is 72.5 Å². The van der Waals surface area contributed by atoms with E-state index in [2.05, 4.69) is 10.1 Å². The van der Waals surface area contributed by atoms with Gasteiger partial charge in [-0.15, -0.1) is 0 Å². The highest BCUT2D eigenvalue weighted by atomic mass is 32.2. The monoisotopic (exact) mass is 265 g/mol. The summed E-state index contributed by atoms with van der Waals surface area (Å²) >= 11 is 0. The van der Waals surface area contributed by atoms with Gasteiger partial charge in [0.15, 0.2) is 9.84 Å². The van der Waals surface area contributed by atoms with Crippen LogP contribution in [0.25, 0.3) is 0 Å². The molecule has 1 N–H and O–H groups in total. The van der Waals surface area contributed by atoms with Crippen molar-refractivity contribution in [3.05, 3.63) is 0 Å². The molecule has 0 saturated carbocycles. The van der Waals surface area contributed by atoms with Gasteiger partial charge in [-0.05, 0) is 19.9 Å². The van der Waals surface area contributed by atoms with Crippen molar-refractivity contribution in [3.63, 3.8) is 0 Å². The first-order chi connectivity index (χ1) is 7.92. The van der Waals surface area contributed by atoms with Gasteiger partial charge in [0.25, 0.3) is 0 Å². The molecule has 0 amide bonds. The first kappa shape index (κ1) is 16.4. The lowest BCUT2D eigenvalue weighted by Crippen LogP contribution is -2.44. The zero-order valence-electron chi connectivity index (χ0n) is 11.0. The summed E-state index contributed by atoms with van der Waals surface area (Å²) in [5.41, 5.74) is 0. The fourth-order valence-corrected chi connectivity index (χ4v) is 3.89. The number of nitrogens with one attached hydrogen (secondary N) is 1. The van der Waals surface area contributed by atoms with Crippen LogP contribution in [0.1, 0.15) is 33.1 Å². The van der Waals surface area contributed by atoms with Crippen LogP contribution in [0.4, 0.5) is 0 Å². The Morgan fingerprint density at radius 3 is 2.29 bits per heavy atom. The number of hydrogen-bond acceptors (Lipinski definition) is 5. The molecule has 0 heterocycles. The molecule has 0 aromatic heterocycles. The number of carbonyl (C=O) groups is 1. The summed E-state index contributed by atoms with van der Waals surface area (Å²) < 4.78 is 28.5. The molecule has 0 fully saturated rings. The van der Waals surface area contributed by atoms with Gasteiger partial charge in [-0.25, -0.2) is 8.42 Å². The third-order valence-corrected chi connectivity index (χ3v) is 5.05. The molecule has 0 rings (SSSR count). The lowest BCUT2D eigenvalue weighted by atomic mass is 10.1. The van der Waals surface area contributed by atoms with E-state index in [0.29, 0.717) is 6.42 Å². The van der Waals surface area contributed by atoms with Crippen LogP contribution in [0.15, 0.2) is 0 Å². The van der Waals surface area contributed by atoms with Crippen LogP contribution >= 0.6 is 0 Å². The van der Waals surface area contributed by atoms with Crippen molar-refractivity contribution in [2.24, 2.45) is 0 Å². The molecule has 0 spiro atoms. The lowest BCUT2D eigenvalue weighted by molar-refractivity contribution is -0.137. The summed E-state index contributed by atoms with van der Waals surface area (Å²) in [6.07, 6.45) is 2.16. The summed E-state index contributed by atoms with van der Waals surface area (Å²) in [6, 6.07) is -0.111. The number of methoxy groups -OCH3 is 1. The molecule has 0 aliphatic rings. The Morgan fingerprint density at radius 1 is 1.35 bits per heavy atom.